The summed E-state index contributed by atoms with van der Waals surface area (Å²) >= 11 is 0. The topological polar surface area (TPSA) is 77.9 Å². The molecular formula is C16H15FN2O4. The average molecular weight is 318 g/mol. The van der Waals surface area contributed by atoms with E-state index in [9.17, 15) is 18.8 Å². The van der Waals surface area contributed by atoms with Gasteiger partial charge in [0.15, 0.2) is 0 Å². The lowest BCUT2D eigenvalue weighted by molar-refractivity contribution is 0.0671. The molecule has 0 bridgehead atoms. The molecule has 2 aliphatic heterocycles. The molecule has 7 heteroatoms. The number of likely N-dealkylation sites (tertiary alicyclic amines) is 1. The van der Waals surface area contributed by atoms with Crippen molar-refractivity contribution < 1.29 is 23.9 Å². The SMILES string of the molecule is O=C(O)N1CCC(=CCN2C(=O)c3ccccc3C2=O)C(F)C1. The van der Waals surface area contributed by atoms with Crippen molar-refractivity contribution in [3.63, 3.8) is 0 Å². The Labute approximate surface area is 131 Å². The van der Waals surface area contributed by atoms with Crippen LogP contribution >= 0.6 is 0 Å². The number of carbonyl (C=O) groups is 3. The fraction of sp³-hybridized carbons (Fsp3) is 0.312. The number of alkyl halides is 1. The van der Waals surface area contributed by atoms with Gasteiger partial charge in [-0.3, -0.25) is 14.5 Å². The first-order valence-corrected chi connectivity index (χ1v) is 7.25. The highest BCUT2D eigenvalue weighted by Crippen LogP contribution is 2.24. The molecule has 2 aliphatic rings. The molecule has 1 fully saturated rings. The number of amides is 3. The van der Waals surface area contributed by atoms with Gasteiger partial charge in [0.2, 0.25) is 0 Å². The van der Waals surface area contributed by atoms with Crippen LogP contribution in [0.15, 0.2) is 35.9 Å². The van der Waals surface area contributed by atoms with Crippen molar-refractivity contribution in [1.82, 2.24) is 9.80 Å². The van der Waals surface area contributed by atoms with Crippen molar-refractivity contribution in [3.8, 4) is 0 Å². The molecule has 1 atom stereocenters. The van der Waals surface area contributed by atoms with Crippen molar-refractivity contribution in [2.75, 3.05) is 19.6 Å². The molecule has 0 radical (unpaired) electrons. The van der Waals surface area contributed by atoms with Gasteiger partial charge in [0.25, 0.3) is 11.8 Å². The van der Waals surface area contributed by atoms with Crippen LogP contribution in [0.1, 0.15) is 27.1 Å². The molecule has 0 spiro atoms. The monoisotopic (exact) mass is 318 g/mol. The zero-order chi connectivity index (χ0) is 16.6. The molecule has 1 aromatic rings. The zero-order valence-corrected chi connectivity index (χ0v) is 12.2. The maximum absolute atomic E-state index is 14.0. The Kier molecular flexibility index (Phi) is 3.85. The third kappa shape index (κ3) is 2.69. The van der Waals surface area contributed by atoms with Gasteiger partial charge in [-0.1, -0.05) is 18.2 Å². The van der Waals surface area contributed by atoms with E-state index in [0.29, 0.717) is 16.7 Å². The predicted molar refractivity (Wildman–Crippen MR) is 79.0 cm³/mol. The first kappa shape index (κ1) is 15.2. The minimum Gasteiger partial charge on any atom is -0.465 e. The summed E-state index contributed by atoms with van der Waals surface area (Å²) in [4.78, 5) is 37.3. The quantitative estimate of drug-likeness (QED) is 0.667. The van der Waals surface area contributed by atoms with Gasteiger partial charge < -0.3 is 10.0 Å². The number of carboxylic acid groups (broad SMARTS) is 1. The number of imide groups is 1. The first-order chi connectivity index (χ1) is 11.0. The molecular weight excluding hydrogens is 303 g/mol. The summed E-state index contributed by atoms with van der Waals surface area (Å²) in [6, 6.07) is 6.55. The zero-order valence-electron chi connectivity index (χ0n) is 12.2. The number of nitrogens with zero attached hydrogens (tertiary/aromatic N) is 2. The summed E-state index contributed by atoms with van der Waals surface area (Å²) in [5.41, 5.74) is 1.14. The number of rotatable bonds is 2. The second-order valence-electron chi connectivity index (χ2n) is 5.49. The van der Waals surface area contributed by atoms with Crippen LogP contribution in [0.4, 0.5) is 9.18 Å². The van der Waals surface area contributed by atoms with Crippen molar-refractivity contribution in [2.24, 2.45) is 0 Å². The molecule has 1 aromatic carbocycles. The predicted octanol–water partition coefficient (Wildman–Crippen LogP) is 1.93. The van der Waals surface area contributed by atoms with Crippen LogP contribution < -0.4 is 0 Å². The number of benzene rings is 1. The molecule has 0 aromatic heterocycles. The second kappa shape index (κ2) is 5.83. The maximum atomic E-state index is 14.0. The van der Waals surface area contributed by atoms with Crippen LogP contribution in [0.2, 0.25) is 0 Å². The Morgan fingerprint density at radius 1 is 1.26 bits per heavy atom. The smallest absolute Gasteiger partial charge is 0.407 e. The Balaban J connectivity index is 1.71. The van der Waals surface area contributed by atoms with Crippen molar-refractivity contribution in [2.45, 2.75) is 12.6 Å². The third-order valence-corrected chi connectivity index (χ3v) is 4.14. The molecule has 1 saturated heterocycles. The van der Waals surface area contributed by atoms with Crippen LogP contribution in [0.25, 0.3) is 0 Å². The Morgan fingerprint density at radius 2 is 1.87 bits per heavy atom. The van der Waals surface area contributed by atoms with Crippen molar-refractivity contribution in [3.05, 3.63) is 47.0 Å². The van der Waals surface area contributed by atoms with Crippen LogP contribution in [0.3, 0.4) is 0 Å². The van der Waals surface area contributed by atoms with Gasteiger partial charge in [-0.15, -0.1) is 0 Å². The highest BCUT2D eigenvalue weighted by molar-refractivity contribution is 6.21. The lowest BCUT2D eigenvalue weighted by atomic mass is 10.0. The molecule has 120 valence electrons. The van der Waals surface area contributed by atoms with E-state index in [1.54, 1.807) is 24.3 Å². The third-order valence-electron chi connectivity index (χ3n) is 4.14. The Hall–Kier alpha value is -2.70. The molecule has 0 saturated carbocycles. The van der Waals surface area contributed by atoms with Crippen molar-refractivity contribution in [1.29, 1.82) is 0 Å². The van der Waals surface area contributed by atoms with Crippen molar-refractivity contribution >= 4 is 17.9 Å². The highest BCUT2D eigenvalue weighted by Gasteiger charge is 2.35. The molecule has 0 aliphatic carbocycles. The Bertz CT molecular complexity index is 681. The normalized spacial score (nSPS) is 22.7. The van der Waals surface area contributed by atoms with Gasteiger partial charge in [0, 0.05) is 13.1 Å². The van der Waals surface area contributed by atoms with Crippen LogP contribution in [-0.4, -0.2) is 58.6 Å². The number of piperidine rings is 1. The summed E-state index contributed by atoms with van der Waals surface area (Å²) in [5, 5.41) is 8.86. The van der Waals surface area contributed by atoms with Gasteiger partial charge in [-0.05, 0) is 24.1 Å². The lowest BCUT2D eigenvalue weighted by Crippen LogP contribution is -2.41. The van der Waals surface area contributed by atoms with Gasteiger partial charge in [0.1, 0.15) is 6.17 Å². The van der Waals surface area contributed by atoms with E-state index in [1.165, 1.54) is 6.08 Å². The molecule has 2 heterocycles. The molecule has 3 rings (SSSR count). The van der Waals surface area contributed by atoms with Gasteiger partial charge >= 0.3 is 6.09 Å². The number of fused-ring (bicyclic) bond motifs is 1. The number of carbonyl (C=O) groups excluding carboxylic acids is 2. The van der Waals surface area contributed by atoms with E-state index in [-0.39, 0.29) is 37.9 Å². The standard InChI is InChI=1S/C16H15FN2O4/c17-13-9-18(16(22)23)7-5-10(13)6-8-19-14(20)11-3-1-2-4-12(11)15(19)21/h1-4,6,13H,5,7-9H2,(H,22,23). The molecule has 6 nitrogen and oxygen atoms in total. The molecule has 3 amide bonds. The van der Waals surface area contributed by atoms with E-state index < -0.39 is 12.3 Å². The van der Waals surface area contributed by atoms with Crippen LogP contribution in [0.5, 0.6) is 0 Å². The van der Waals surface area contributed by atoms with E-state index >= 15 is 0 Å². The largest absolute Gasteiger partial charge is 0.465 e. The highest BCUT2D eigenvalue weighted by atomic mass is 19.1. The summed E-state index contributed by atoms with van der Waals surface area (Å²) in [7, 11) is 0. The first-order valence-electron chi connectivity index (χ1n) is 7.25. The second-order valence-corrected chi connectivity index (χ2v) is 5.49. The van der Waals surface area contributed by atoms with Gasteiger partial charge in [-0.25, -0.2) is 9.18 Å². The minimum absolute atomic E-state index is 0.00479. The maximum Gasteiger partial charge on any atom is 0.407 e. The van der Waals surface area contributed by atoms with Gasteiger partial charge in [-0.2, -0.15) is 0 Å². The van der Waals surface area contributed by atoms with Crippen LogP contribution in [-0.2, 0) is 0 Å². The Morgan fingerprint density at radius 3 is 2.39 bits per heavy atom. The van der Waals surface area contributed by atoms with E-state index in [2.05, 4.69) is 0 Å². The number of halogens is 1. The summed E-state index contributed by atoms with van der Waals surface area (Å²) in [6.07, 6.45) is -0.774. The van der Waals surface area contributed by atoms with E-state index in [0.717, 1.165) is 9.80 Å². The summed E-state index contributed by atoms with van der Waals surface area (Å²) in [6.45, 7) is -0.0117. The fourth-order valence-electron chi connectivity index (χ4n) is 2.84. The average Bonchev–Trinajstić information content (AvgIpc) is 2.78. The molecule has 1 unspecified atom stereocenters. The summed E-state index contributed by atoms with van der Waals surface area (Å²) in [5.74, 6) is -0.776. The fourth-order valence-corrected chi connectivity index (χ4v) is 2.84. The number of hydrogen-bond donors (Lipinski definition) is 1. The van der Waals surface area contributed by atoms with Crippen LogP contribution in [0, 0.1) is 0 Å². The number of hydrogen-bond acceptors (Lipinski definition) is 3. The minimum atomic E-state index is -1.41. The summed E-state index contributed by atoms with van der Waals surface area (Å²) < 4.78 is 14.0. The van der Waals surface area contributed by atoms with E-state index in [1.807, 2.05) is 0 Å². The lowest BCUT2D eigenvalue weighted by Gasteiger charge is -2.29. The van der Waals surface area contributed by atoms with Gasteiger partial charge in [0.05, 0.1) is 17.7 Å². The molecule has 23 heavy (non-hydrogen) atoms. The van der Waals surface area contributed by atoms with E-state index in [4.69, 9.17) is 5.11 Å². The molecule has 1 N–H and O–H groups in total.